The van der Waals surface area contributed by atoms with Gasteiger partial charge in [0, 0.05) is 17.6 Å². The maximum absolute atomic E-state index is 8.64. The van der Waals surface area contributed by atoms with E-state index in [9.17, 15) is 0 Å². The van der Waals surface area contributed by atoms with Crippen LogP contribution in [0.5, 0.6) is 0 Å². The molecule has 1 unspecified atom stereocenters. The summed E-state index contributed by atoms with van der Waals surface area (Å²) in [6.45, 7) is 6.38. The van der Waals surface area contributed by atoms with Crippen LogP contribution in [-0.4, -0.2) is 26.3 Å². The Kier molecular flexibility index (Phi) is 4.54. The van der Waals surface area contributed by atoms with Gasteiger partial charge in [0.05, 0.1) is 0 Å². The van der Waals surface area contributed by atoms with Crippen LogP contribution in [0.15, 0.2) is 22.6 Å². The van der Waals surface area contributed by atoms with Gasteiger partial charge in [-0.1, -0.05) is 25.9 Å². The first-order valence-electron chi connectivity index (χ1n) is 5.01. The van der Waals surface area contributed by atoms with Crippen molar-refractivity contribution in [3.8, 4) is 0 Å². The van der Waals surface area contributed by atoms with Crippen LogP contribution in [0.2, 0.25) is 0 Å². The van der Waals surface area contributed by atoms with Crippen molar-refractivity contribution < 1.29 is 5.21 Å². The van der Waals surface area contributed by atoms with Crippen molar-refractivity contribution in [2.75, 3.05) is 0 Å². The number of rotatable bonds is 4. The average molecular weight is 240 g/mol. The molecule has 0 aliphatic heterocycles. The van der Waals surface area contributed by atoms with E-state index in [0.717, 1.165) is 0 Å². The lowest BCUT2D eigenvalue weighted by atomic mass is 10.2. The minimum absolute atomic E-state index is 0.00782. The molecule has 0 saturated carbocycles. The Labute approximate surface area is 99.2 Å². The fourth-order valence-corrected chi connectivity index (χ4v) is 1.96. The molecule has 1 atom stereocenters. The van der Waals surface area contributed by atoms with Gasteiger partial charge in [-0.05, 0) is 5.92 Å². The van der Waals surface area contributed by atoms with Crippen molar-refractivity contribution in [3.63, 3.8) is 0 Å². The van der Waals surface area contributed by atoms with E-state index in [0.29, 0.717) is 21.9 Å². The lowest BCUT2D eigenvalue weighted by Crippen LogP contribution is -2.18. The van der Waals surface area contributed by atoms with Gasteiger partial charge in [0.25, 0.3) is 0 Å². The van der Waals surface area contributed by atoms with Crippen LogP contribution in [0, 0.1) is 5.92 Å². The van der Waals surface area contributed by atoms with Gasteiger partial charge < -0.3 is 10.9 Å². The number of hydrogen-bond acceptors (Lipinski definition) is 5. The quantitative estimate of drug-likeness (QED) is 0.275. The van der Waals surface area contributed by atoms with Crippen molar-refractivity contribution in [1.82, 2.24) is 9.97 Å². The van der Waals surface area contributed by atoms with Crippen molar-refractivity contribution in [3.05, 3.63) is 18.1 Å². The summed E-state index contributed by atoms with van der Waals surface area (Å²) in [4.78, 5) is 8.26. The Morgan fingerprint density at radius 1 is 1.38 bits per heavy atom. The summed E-state index contributed by atoms with van der Waals surface area (Å²) < 4.78 is 0. The first-order chi connectivity index (χ1) is 7.56. The van der Waals surface area contributed by atoms with Gasteiger partial charge in [0.15, 0.2) is 5.84 Å². The Balaban J connectivity index is 2.96. The highest BCUT2D eigenvalue weighted by molar-refractivity contribution is 7.99. The predicted octanol–water partition coefficient (Wildman–Crippen LogP) is 1.71. The molecule has 1 aromatic rings. The number of amidine groups is 1. The van der Waals surface area contributed by atoms with Crippen LogP contribution in [0.3, 0.4) is 0 Å². The minimum Gasteiger partial charge on any atom is -0.409 e. The first kappa shape index (κ1) is 12.8. The molecule has 88 valence electrons. The predicted molar refractivity (Wildman–Crippen MR) is 64.7 cm³/mol. The molecule has 0 bridgehead atoms. The van der Waals surface area contributed by atoms with Crippen LogP contribution in [0.4, 0.5) is 0 Å². The molecule has 0 aliphatic rings. The molecule has 0 aromatic carbocycles. The van der Waals surface area contributed by atoms with E-state index in [4.69, 9.17) is 10.9 Å². The molecular formula is C10H16N4OS. The molecule has 5 nitrogen and oxygen atoms in total. The number of aromatic nitrogens is 2. The summed E-state index contributed by atoms with van der Waals surface area (Å²) in [6.07, 6.45) is 3.13. The van der Waals surface area contributed by atoms with E-state index in [2.05, 4.69) is 35.9 Å². The van der Waals surface area contributed by atoms with Crippen LogP contribution < -0.4 is 5.73 Å². The maximum atomic E-state index is 8.64. The number of hydrogen-bond donors (Lipinski definition) is 2. The van der Waals surface area contributed by atoms with Gasteiger partial charge in [0.2, 0.25) is 0 Å². The van der Waals surface area contributed by atoms with Crippen molar-refractivity contribution >= 4 is 17.6 Å². The Morgan fingerprint density at radius 3 is 2.56 bits per heavy atom. The third-order valence-corrected chi connectivity index (χ3v) is 3.69. The van der Waals surface area contributed by atoms with E-state index in [-0.39, 0.29) is 5.84 Å². The molecule has 1 rings (SSSR count). The lowest BCUT2D eigenvalue weighted by Gasteiger charge is -2.15. The molecule has 0 amide bonds. The summed E-state index contributed by atoms with van der Waals surface area (Å²) >= 11 is 1.58. The average Bonchev–Trinajstić information content (AvgIpc) is 2.28. The second kappa shape index (κ2) is 5.69. The highest BCUT2D eigenvalue weighted by atomic mass is 32.2. The summed E-state index contributed by atoms with van der Waals surface area (Å²) in [6, 6.07) is 0. The zero-order chi connectivity index (χ0) is 12.1. The van der Waals surface area contributed by atoms with Crippen LogP contribution in [0.1, 0.15) is 26.5 Å². The SMILES string of the molecule is CC(C)C(C)Sc1nccnc1C(N)=NO. The molecular weight excluding hydrogens is 224 g/mol. The van der Waals surface area contributed by atoms with Crippen molar-refractivity contribution in [1.29, 1.82) is 0 Å². The maximum Gasteiger partial charge on any atom is 0.191 e. The van der Waals surface area contributed by atoms with Gasteiger partial charge in [-0.25, -0.2) is 9.97 Å². The van der Waals surface area contributed by atoms with Gasteiger partial charge >= 0.3 is 0 Å². The lowest BCUT2D eigenvalue weighted by molar-refractivity contribution is 0.318. The molecule has 0 aliphatic carbocycles. The largest absolute Gasteiger partial charge is 0.409 e. The third-order valence-electron chi connectivity index (χ3n) is 2.25. The van der Waals surface area contributed by atoms with Gasteiger partial charge in [-0.3, -0.25) is 0 Å². The highest BCUT2D eigenvalue weighted by Crippen LogP contribution is 2.27. The zero-order valence-electron chi connectivity index (χ0n) is 9.58. The number of oxime groups is 1. The van der Waals surface area contributed by atoms with Crippen LogP contribution in [0.25, 0.3) is 0 Å². The van der Waals surface area contributed by atoms with Crippen molar-refractivity contribution in [2.24, 2.45) is 16.8 Å². The smallest absolute Gasteiger partial charge is 0.191 e. The fraction of sp³-hybridized carbons (Fsp3) is 0.500. The molecule has 1 aromatic heterocycles. The number of thioether (sulfide) groups is 1. The fourth-order valence-electron chi connectivity index (χ4n) is 0.947. The molecule has 0 radical (unpaired) electrons. The monoisotopic (exact) mass is 240 g/mol. The molecule has 3 N–H and O–H groups in total. The highest BCUT2D eigenvalue weighted by Gasteiger charge is 2.15. The summed E-state index contributed by atoms with van der Waals surface area (Å²) in [5, 5.41) is 12.7. The summed E-state index contributed by atoms with van der Waals surface area (Å²) in [5.74, 6) is 0.513. The third kappa shape index (κ3) is 3.10. The second-order valence-electron chi connectivity index (χ2n) is 3.76. The van der Waals surface area contributed by atoms with Crippen LogP contribution >= 0.6 is 11.8 Å². The molecule has 16 heavy (non-hydrogen) atoms. The minimum atomic E-state index is -0.00782. The number of nitrogens with zero attached hydrogens (tertiary/aromatic N) is 3. The van der Waals surface area contributed by atoms with E-state index < -0.39 is 0 Å². The van der Waals surface area contributed by atoms with Gasteiger partial charge in [0.1, 0.15) is 10.7 Å². The van der Waals surface area contributed by atoms with Gasteiger partial charge in [-0.2, -0.15) is 0 Å². The first-order valence-corrected chi connectivity index (χ1v) is 5.89. The number of nitrogens with two attached hydrogens (primary N) is 1. The van der Waals surface area contributed by atoms with Crippen LogP contribution in [-0.2, 0) is 0 Å². The topological polar surface area (TPSA) is 84.4 Å². The zero-order valence-corrected chi connectivity index (χ0v) is 10.4. The van der Waals surface area contributed by atoms with Gasteiger partial charge in [-0.15, -0.1) is 11.8 Å². The Bertz CT molecular complexity index is 381. The normalized spacial score (nSPS) is 14.1. The summed E-state index contributed by atoms with van der Waals surface area (Å²) in [5.41, 5.74) is 5.96. The van der Waals surface area contributed by atoms with E-state index >= 15 is 0 Å². The molecule has 0 saturated heterocycles. The van der Waals surface area contributed by atoms with Crippen molar-refractivity contribution in [2.45, 2.75) is 31.0 Å². The molecule has 1 heterocycles. The Morgan fingerprint density at radius 2 is 2.00 bits per heavy atom. The Hall–Kier alpha value is -1.30. The second-order valence-corrected chi connectivity index (χ2v) is 5.13. The standard InChI is InChI=1S/C10H16N4OS/c1-6(2)7(3)16-10-8(9(11)14-15)12-4-5-13-10/h4-7,15H,1-3H3,(H2,11,14). The summed E-state index contributed by atoms with van der Waals surface area (Å²) in [7, 11) is 0. The molecule has 6 heteroatoms. The molecule has 0 fully saturated rings. The van der Waals surface area contributed by atoms with E-state index in [1.54, 1.807) is 18.0 Å². The van der Waals surface area contributed by atoms with E-state index in [1.165, 1.54) is 6.20 Å². The van der Waals surface area contributed by atoms with E-state index in [1.807, 2.05) is 0 Å². The molecule has 0 spiro atoms.